The Kier molecular flexibility index (Phi) is 5.24. The number of hydrogen-bond donors (Lipinski definition) is 1. The first kappa shape index (κ1) is 18.7. The molecule has 1 aliphatic heterocycles. The predicted molar refractivity (Wildman–Crippen MR) is 111 cm³/mol. The molecule has 0 bridgehead atoms. The van der Waals surface area contributed by atoms with Gasteiger partial charge in [-0.25, -0.2) is 4.68 Å². The Balaban J connectivity index is 1.42. The Morgan fingerprint density at radius 2 is 1.83 bits per heavy atom. The molecule has 29 heavy (non-hydrogen) atoms. The predicted octanol–water partition coefficient (Wildman–Crippen LogP) is 3.45. The van der Waals surface area contributed by atoms with Crippen molar-refractivity contribution in [3.05, 3.63) is 89.9 Å². The summed E-state index contributed by atoms with van der Waals surface area (Å²) < 4.78 is 1.78. The van der Waals surface area contributed by atoms with E-state index in [4.69, 9.17) is 0 Å². The van der Waals surface area contributed by atoms with Gasteiger partial charge in [-0.2, -0.15) is 5.10 Å². The molecule has 0 unspecified atom stereocenters. The van der Waals surface area contributed by atoms with Gasteiger partial charge < -0.3 is 10.2 Å². The Bertz CT molecular complexity index is 1060. The fourth-order valence-corrected chi connectivity index (χ4v) is 3.53. The van der Waals surface area contributed by atoms with Gasteiger partial charge in [-0.15, -0.1) is 0 Å². The van der Waals surface area contributed by atoms with E-state index >= 15 is 0 Å². The maximum Gasteiger partial charge on any atom is 0.223 e. The Morgan fingerprint density at radius 1 is 1.07 bits per heavy atom. The van der Waals surface area contributed by atoms with Crippen LogP contribution < -0.4 is 5.32 Å². The molecule has 0 saturated carbocycles. The molecule has 0 radical (unpaired) electrons. The molecule has 0 fully saturated rings. The monoisotopic (exact) mass is 386 g/mol. The third-order valence-corrected chi connectivity index (χ3v) is 4.99. The first-order valence-corrected chi connectivity index (χ1v) is 9.53. The summed E-state index contributed by atoms with van der Waals surface area (Å²) in [5.41, 5.74) is 3.89. The lowest BCUT2D eigenvalue weighted by atomic mass is 9.93. The molecule has 2 heterocycles. The van der Waals surface area contributed by atoms with Crippen LogP contribution >= 0.6 is 0 Å². The molecule has 0 saturated heterocycles. The molecule has 2 amide bonds. The standard InChI is InChI=1S/C23H22N4O2/c1-17(28)26-12-11-19-7-5-6-10-21(19)22(26)13-23(29)24-14-18-15-25-27(16-18)20-8-3-2-4-9-20/h2-12,15-16,22H,13-14H2,1H3,(H,24,29)/t22-/m1/s1. The molecule has 1 N–H and O–H groups in total. The molecular formula is C23H22N4O2. The highest BCUT2D eigenvalue weighted by Crippen LogP contribution is 2.32. The van der Waals surface area contributed by atoms with Crippen LogP contribution in [0.25, 0.3) is 11.8 Å². The molecule has 0 spiro atoms. The van der Waals surface area contributed by atoms with Crippen molar-refractivity contribution in [2.45, 2.75) is 25.9 Å². The number of fused-ring (bicyclic) bond motifs is 1. The van der Waals surface area contributed by atoms with E-state index in [0.29, 0.717) is 6.54 Å². The number of nitrogens with zero attached hydrogens (tertiary/aromatic N) is 3. The van der Waals surface area contributed by atoms with Crippen LogP contribution in [0, 0.1) is 0 Å². The van der Waals surface area contributed by atoms with Gasteiger partial charge >= 0.3 is 0 Å². The number of aromatic nitrogens is 2. The molecule has 146 valence electrons. The molecule has 2 aromatic carbocycles. The maximum absolute atomic E-state index is 12.6. The number of benzene rings is 2. The lowest BCUT2D eigenvalue weighted by Crippen LogP contribution is -2.35. The normalized spacial score (nSPS) is 15.1. The quantitative estimate of drug-likeness (QED) is 0.730. The van der Waals surface area contributed by atoms with Crippen molar-refractivity contribution in [2.75, 3.05) is 0 Å². The van der Waals surface area contributed by atoms with Crippen LogP contribution in [-0.4, -0.2) is 26.5 Å². The molecular weight excluding hydrogens is 364 g/mol. The molecule has 6 heteroatoms. The first-order valence-electron chi connectivity index (χ1n) is 9.53. The summed E-state index contributed by atoms with van der Waals surface area (Å²) in [7, 11) is 0. The molecule has 0 aliphatic carbocycles. The Morgan fingerprint density at radius 3 is 2.62 bits per heavy atom. The minimum atomic E-state index is -0.305. The number of nitrogens with one attached hydrogen (secondary N) is 1. The highest BCUT2D eigenvalue weighted by Gasteiger charge is 2.28. The topological polar surface area (TPSA) is 67.2 Å². The van der Waals surface area contributed by atoms with Crippen molar-refractivity contribution in [3.8, 4) is 5.69 Å². The summed E-state index contributed by atoms with van der Waals surface area (Å²) in [5.74, 6) is -0.198. The average molecular weight is 386 g/mol. The minimum absolute atomic E-state index is 0.0855. The van der Waals surface area contributed by atoms with Gasteiger partial charge in [0.2, 0.25) is 11.8 Å². The number of rotatable bonds is 5. The van der Waals surface area contributed by atoms with Crippen molar-refractivity contribution >= 4 is 17.9 Å². The average Bonchev–Trinajstić information content (AvgIpc) is 3.22. The minimum Gasteiger partial charge on any atom is -0.352 e. The summed E-state index contributed by atoms with van der Waals surface area (Å²) in [6, 6.07) is 17.3. The summed E-state index contributed by atoms with van der Waals surface area (Å²) in [4.78, 5) is 26.3. The summed E-state index contributed by atoms with van der Waals surface area (Å²) >= 11 is 0. The maximum atomic E-state index is 12.6. The largest absolute Gasteiger partial charge is 0.352 e. The van der Waals surface area contributed by atoms with Gasteiger partial charge in [0.1, 0.15) is 0 Å². The van der Waals surface area contributed by atoms with Crippen LogP contribution in [0.1, 0.15) is 36.1 Å². The van der Waals surface area contributed by atoms with Crippen LogP contribution in [0.15, 0.2) is 73.2 Å². The lowest BCUT2D eigenvalue weighted by molar-refractivity contribution is -0.130. The second-order valence-electron chi connectivity index (χ2n) is 7.00. The number of carbonyl (C=O) groups is 2. The summed E-state index contributed by atoms with van der Waals surface area (Å²) in [6.45, 7) is 1.90. The first-order chi connectivity index (χ1) is 14.1. The second kappa shape index (κ2) is 8.14. The van der Waals surface area contributed by atoms with Crippen LogP contribution in [0.5, 0.6) is 0 Å². The van der Waals surface area contributed by atoms with Crippen molar-refractivity contribution in [3.63, 3.8) is 0 Å². The zero-order valence-electron chi connectivity index (χ0n) is 16.2. The van der Waals surface area contributed by atoms with Crippen molar-refractivity contribution in [1.82, 2.24) is 20.0 Å². The van der Waals surface area contributed by atoms with E-state index in [2.05, 4.69) is 10.4 Å². The van der Waals surface area contributed by atoms with E-state index < -0.39 is 0 Å². The van der Waals surface area contributed by atoms with Crippen LogP contribution in [0.3, 0.4) is 0 Å². The number of hydrogen-bond acceptors (Lipinski definition) is 3. The SMILES string of the molecule is CC(=O)N1C=Cc2ccccc2[C@H]1CC(=O)NCc1cnn(-c2ccccc2)c1. The molecule has 4 rings (SSSR count). The third kappa shape index (κ3) is 4.11. The Labute approximate surface area is 169 Å². The third-order valence-electron chi connectivity index (χ3n) is 4.99. The summed E-state index contributed by atoms with van der Waals surface area (Å²) in [6.07, 6.45) is 7.51. The van der Waals surface area contributed by atoms with Gasteiger partial charge in [0.15, 0.2) is 0 Å². The van der Waals surface area contributed by atoms with E-state index in [1.54, 1.807) is 22.0 Å². The van der Waals surface area contributed by atoms with Crippen molar-refractivity contribution < 1.29 is 9.59 Å². The van der Waals surface area contributed by atoms with Crippen LogP contribution in [0.4, 0.5) is 0 Å². The number of amides is 2. The fraction of sp³-hybridized carbons (Fsp3) is 0.174. The van der Waals surface area contributed by atoms with Gasteiger partial charge in [0.25, 0.3) is 0 Å². The second-order valence-corrected chi connectivity index (χ2v) is 7.00. The molecule has 3 aromatic rings. The van der Waals surface area contributed by atoms with E-state index in [-0.39, 0.29) is 24.3 Å². The number of para-hydroxylation sites is 1. The van der Waals surface area contributed by atoms with E-state index in [1.807, 2.05) is 66.9 Å². The van der Waals surface area contributed by atoms with Crippen molar-refractivity contribution in [2.24, 2.45) is 0 Å². The zero-order chi connectivity index (χ0) is 20.2. The van der Waals surface area contributed by atoms with Gasteiger partial charge in [-0.1, -0.05) is 42.5 Å². The van der Waals surface area contributed by atoms with E-state index in [1.165, 1.54) is 6.92 Å². The van der Waals surface area contributed by atoms with Gasteiger partial charge in [0.05, 0.1) is 24.3 Å². The zero-order valence-corrected chi connectivity index (χ0v) is 16.2. The molecule has 1 aliphatic rings. The molecule has 1 aromatic heterocycles. The van der Waals surface area contributed by atoms with Gasteiger partial charge in [-0.05, 0) is 29.3 Å². The van der Waals surface area contributed by atoms with Crippen LogP contribution in [0.2, 0.25) is 0 Å². The van der Waals surface area contributed by atoms with E-state index in [0.717, 1.165) is 22.4 Å². The molecule has 6 nitrogen and oxygen atoms in total. The summed E-state index contributed by atoms with van der Waals surface area (Å²) in [5, 5.41) is 7.30. The highest BCUT2D eigenvalue weighted by molar-refractivity contribution is 5.81. The van der Waals surface area contributed by atoms with Gasteiger partial charge in [0, 0.05) is 31.4 Å². The smallest absolute Gasteiger partial charge is 0.223 e. The lowest BCUT2D eigenvalue weighted by Gasteiger charge is -2.32. The highest BCUT2D eigenvalue weighted by atomic mass is 16.2. The van der Waals surface area contributed by atoms with E-state index in [9.17, 15) is 9.59 Å². The Hall–Kier alpha value is -3.67. The number of carbonyl (C=O) groups excluding carboxylic acids is 2. The van der Waals surface area contributed by atoms with Gasteiger partial charge in [-0.3, -0.25) is 9.59 Å². The van der Waals surface area contributed by atoms with Crippen LogP contribution in [-0.2, 0) is 16.1 Å². The molecule has 1 atom stereocenters. The van der Waals surface area contributed by atoms with Crippen molar-refractivity contribution in [1.29, 1.82) is 0 Å². The fourth-order valence-electron chi connectivity index (χ4n) is 3.53.